The fraction of sp³-hybridized carbons (Fsp3) is 0.167. The minimum absolute atomic E-state index is 0.0544. The van der Waals surface area contributed by atoms with Gasteiger partial charge in [-0.15, -0.1) is 0 Å². The van der Waals surface area contributed by atoms with Gasteiger partial charge in [-0.05, 0) is 47.2 Å². The molecule has 7 nitrogen and oxygen atoms in total. The molecule has 3 aromatic rings. The van der Waals surface area contributed by atoms with Gasteiger partial charge in [0.15, 0.2) is 6.61 Å². The number of benzene rings is 3. The SMILES string of the molecule is N#CCCN(C(=O)COC(=O)CNC(=O)c1ccc2ccccc2c1)c1ccc(F)cc1. The number of amides is 2. The van der Waals surface area contributed by atoms with Crippen molar-refractivity contribution in [3.8, 4) is 6.07 Å². The molecule has 8 heteroatoms. The molecule has 0 aliphatic carbocycles. The number of anilines is 1. The molecule has 0 aliphatic heterocycles. The van der Waals surface area contributed by atoms with Gasteiger partial charge < -0.3 is 15.0 Å². The maximum atomic E-state index is 13.1. The first kappa shape index (κ1) is 22.4. The second-order valence-electron chi connectivity index (χ2n) is 6.84. The van der Waals surface area contributed by atoms with Gasteiger partial charge in [-0.25, -0.2) is 4.39 Å². The molecule has 0 spiro atoms. The summed E-state index contributed by atoms with van der Waals surface area (Å²) in [6, 6.07) is 19.9. The molecule has 3 aromatic carbocycles. The molecular weight excluding hydrogens is 413 g/mol. The Labute approximate surface area is 184 Å². The summed E-state index contributed by atoms with van der Waals surface area (Å²) in [5.74, 6) is -2.26. The lowest BCUT2D eigenvalue weighted by molar-refractivity contribution is -0.146. The van der Waals surface area contributed by atoms with Crippen LogP contribution in [-0.4, -0.2) is 37.5 Å². The van der Waals surface area contributed by atoms with E-state index < -0.39 is 36.8 Å². The van der Waals surface area contributed by atoms with Gasteiger partial charge in [-0.2, -0.15) is 5.26 Å². The molecule has 0 saturated heterocycles. The standard InChI is InChI=1S/C24H20FN3O4/c25-20-8-10-21(11-9-20)28(13-3-12-26)22(29)16-32-23(30)15-27-24(31)19-7-6-17-4-1-2-5-18(17)14-19/h1-2,4-11,14H,3,13,15-16H2,(H,27,31). The topological polar surface area (TPSA) is 99.5 Å². The van der Waals surface area contributed by atoms with Crippen molar-refractivity contribution in [3.63, 3.8) is 0 Å². The molecule has 0 bridgehead atoms. The van der Waals surface area contributed by atoms with Crippen molar-refractivity contribution in [1.82, 2.24) is 5.32 Å². The maximum Gasteiger partial charge on any atom is 0.325 e. The van der Waals surface area contributed by atoms with Crippen LogP contribution in [0.1, 0.15) is 16.8 Å². The third-order valence-corrected chi connectivity index (χ3v) is 4.65. The molecule has 0 saturated carbocycles. The number of rotatable bonds is 8. The summed E-state index contributed by atoms with van der Waals surface area (Å²) in [4.78, 5) is 38.0. The Hall–Kier alpha value is -4.25. The molecular formula is C24H20FN3O4. The number of hydrogen-bond donors (Lipinski definition) is 1. The summed E-state index contributed by atoms with van der Waals surface area (Å²) in [7, 11) is 0. The number of fused-ring (bicyclic) bond motifs is 1. The van der Waals surface area contributed by atoms with E-state index in [1.165, 1.54) is 29.2 Å². The lowest BCUT2D eigenvalue weighted by Gasteiger charge is -2.21. The van der Waals surface area contributed by atoms with Crippen molar-refractivity contribution >= 4 is 34.2 Å². The largest absolute Gasteiger partial charge is 0.454 e. The van der Waals surface area contributed by atoms with Crippen LogP contribution in [0.25, 0.3) is 10.8 Å². The van der Waals surface area contributed by atoms with Crippen LogP contribution in [-0.2, 0) is 14.3 Å². The smallest absolute Gasteiger partial charge is 0.325 e. The van der Waals surface area contributed by atoms with Gasteiger partial charge in [0.1, 0.15) is 12.4 Å². The highest BCUT2D eigenvalue weighted by molar-refractivity contribution is 6.00. The number of nitrogens with zero attached hydrogens (tertiary/aromatic N) is 2. The van der Waals surface area contributed by atoms with Gasteiger partial charge in [0.05, 0.1) is 12.5 Å². The minimum Gasteiger partial charge on any atom is -0.454 e. The molecule has 32 heavy (non-hydrogen) atoms. The molecule has 0 fully saturated rings. The van der Waals surface area contributed by atoms with E-state index >= 15 is 0 Å². The zero-order valence-electron chi connectivity index (χ0n) is 17.1. The number of halogens is 1. The van der Waals surface area contributed by atoms with Crippen molar-refractivity contribution < 1.29 is 23.5 Å². The van der Waals surface area contributed by atoms with Crippen molar-refractivity contribution in [3.05, 3.63) is 78.1 Å². The minimum atomic E-state index is -0.785. The molecule has 1 N–H and O–H groups in total. The predicted molar refractivity (Wildman–Crippen MR) is 116 cm³/mol. The molecule has 2 amide bonds. The van der Waals surface area contributed by atoms with Crippen LogP contribution in [0.15, 0.2) is 66.7 Å². The van der Waals surface area contributed by atoms with E-state index in [0.717, 1.165) is 10.8 Å². The predicted octanol–water partition coefficient (Wildman–Crippen LogP) is 3.20. The fourth-order valence-electron chi connectivity index (χ4n) is 3.04. The molecule has 0 aromatic heterocycles. The molecule has 0 radical (unpaired) electrons. The zero-order chi connectivity index (χ0) is 22.9. The molecule has 0 unspecified atom stereocenters. The summed E-state index contributed by atoms with van der Waals surface area (Å²) in [6.45, 7) is -0.918. The Balaban J connectivity index is 1.53. The van der Waals surface area contributed by atoms with E-state index in [2.05, 4.69) is 5.32 Å². The van der Waals surface area contributed by atoms with Crippen LogP contribution in [0.4, 0.5) is 10.1 Å². The number of nitriles is 1. The lowest BCUT2D eigenvalue weighted by atomic mass is 10.1. The maximum absolute atomic E-state index is 13.1. The summed E-state index contributed by atoms with van der Waals surface area (Å²) < 4.78 is 18.1. The number of hydrogen-bond acceptors (Lipinski definition) is 5. The number of nitrogens with one attached hydrogen (secondary N) is 1. The molecule has 0 atom stereocenters. The monoisotopic (exact) mass is 433 g/mol. The summed E-state index contributed by atoms with van der Waals surface area (Å²) in [5, 5.41) is 13.2. The van der Waals surface area contributed by atoms with Crippen LogP contribution in [0.2, 0.25) is 0 Å². The zero-order valence-corrected chi connectivity index (χ0v) is 17.1. The highest BCUT2D eigenvalue weighted by atomic mass is 19.1. The van der Waals surface area contributed by atoms with Gasteiger partial charge in [-0.1, -0.05) is 30.3 Å². The van der Waals surface area contributed by atoms with E-state index in [4.69, 9.17) is 10.00 Å². The lowest BCUT2D eigenvalue weighted by Crippen LogP contribution is -2.37. The van der Waals surface area contributed by atoms with Crippen LogP contribution in [0, 0.1) is 17.1 Å². The summed E-state index contributed by atoms with van der Waals surface area (Å²) in [6.07, 6.45) is 0.0544. The Morgan fingerprint density at radius 1 is 1.00 bits per heavy atom. The third-order valence-electron chi connectivity index (χ3n) is 4.65. The Morgan fingerprint density at radius 2 is 1.72 bits per heavy atom. The average molecular weight is 433 g/mol. The van der Waals surface area contributed by atoms with Gasteiger partial charge >= 0.3 is 5.97 Å². The van der Waals surface area contributed by atoms with Crippen molar-refractivity contribution in [1.29, 1.82) is 5.26 Å². The van der Waals surface area contributed by atoms with Crippen LogP contribution < -0.4 is 10.2 Å². The second-order valence-corrected chi connectivity index (χ2v) is 6.84. The van der Waals surface area contributed by atoms with E-state index in [0.29, 0.717) is 11.3 Å². The normalized spacial score (nSPS) is 10.2. The Morgan fingerprint density at radius 3 is 2.44 bits per heavy atom. The Kier molecular flexibility index (Phi) is 7.49. The summed E-state index contributed by atoms with van der Waals surface area (Å²) >= 11 is 0. The highest BCUT2D eigenvalue weighted by Crippen LogP contribution is 2.16. The van der Waals surface area contributed by atoms with Gasteiger partial charge in [0.2, 0.25) is 0 Å². The van der Waals surface area contributed by atoms with E-state index in [9.17, 15) is 18.8 Å². The van der Waals surface area contributed by atoms with Crippen molar-refractivity contribution in [2.45, 2.75) is 6.42 Å². The molecule has 162 valence electrons. The van der Waals surface area contributed by atoms with Gasteiger partial charge in [-0.3, -0.25) is 14.4 Å². The van der Waals surface area contributed by atoms with E-state index in [1.54, 1.807) is 12.1 Å². The van der Waals surface area contributed by atoms with Gasteiger partial charge in [0, 0.05) is 17.8 Å². The van der Waals surface area contributed by atoms with E-state index in [-0.39, 0.29) is 13.0 Å². The highest BCUT2D eigenvalue weighted by Gasteiger charge is 2.18. The molecule has 0 heterocycles. The van der Waals surface area contributed by atoms with E-state index in [1.807, 2.05) is 36.4 Å². The van der Waals surface area contributed by atoms with Crippen LogP contribution in [0.5, 0.6) is 0 Å². The quantitative estimate of drug-likeness (QED) is 0.550. The van der Waals surface area contributed by atoms with Gasteiger partial charge in [0.25, 0.3) is 11.8 Å². The van der Waals surface area contributed by atoms with Crippen molar-refractivity contribution in [2.24, 2.45) is 0 Å². The summed E-state index contributed by atoms with van der Waals surface area (Å²) in [5.41, 5.74) is 0.777. The second kappa shape index (κ2) is 10.7. The number of carbonyl (C=O) groups is 3. The van der Waals surface area contributed by atoms with Crippen LogP contribution in [0.3, 0.4) is 0 Å². The average Bonchev–Trinajstić information content (AvgIpc) is 2.82. The third kappa shape index (κ3) is 5.89. The van der Waals surface area contributed by atoms with Crippen LogP contribution >= 0.6 is 0 Å². The fourth-order valence-corrected chi connectivity index (χ4v) is 3.04. The first-order chi connectivity index (χ1) is 15.5. The number of esters is 1. The molecule has 0 aliphatic rings. The van der Waals surface area contributed by atoms with Crippen molar-refractivity contribution in [2.75, 3.05) is 24.6 Å². The number of carbonyl (C=O) groups excluding carboxylic acids is 3. The first-order valence-electron chi connectivity index (χ1n) is 9.83. The number of ether oxygens (including phenoxy) is 1. The molecule has 3 rings (SSSR count). The first-order valence-corrected chi connectivity index (χ1v) is 9.83. The Bertz CT molecular complexity index is 1170.